The first kappa shape index (κ1) is 14.3. The zero-order valence-corrected chi connectivity index (χ0v) is 12.6. The Morgan fingerprint density at radius 2 is 2.26 bits per heavy atom. The van der Waals surface area contributed by atoms with Crippen LogP contribution in [0.25, 0.3) is 0 Å². The number of anilines is 1. The maximum atomic E-state index is 10.7. The molecule has 1 N–H and O–H groups in total. The van der Waals surface area contributed by atoms with E-state index in [1.807, 2.05) is 12.1 Å². The van der Waals surface area contributed by atoms with E-state index in [2.05, 4.69) is 44.9 Å². The molecule has 0 amide bonds. The van der Waals surface area contributed by atoms with Gasteiger partial charge in [-0.1, -0.05) is 22.0 Å². The second-order valence-corrected chi connectivity index (χ2v) is 5.91. The van der Waals surface area contributed by atoms with Crippen LogP contribution in [0.1, 0.15) is 12.8 Å². The summed E-state index contributed by atoms with van der Waals surface area (Å²) in [7, 11) is 2.07. The zero-order valence-electron chi connectivity index (χ0n) is 11.1. The monoisotopic (exact) mass is 326 g/mol. The molecule has 1 heterocycles. The Bertz CT molecular complexity index is 453. The van der Waals surface area contributed by atoms with Crippen molar-refractivity contribution in [2.24, 2.45) is 0 Å². The maximum absolute atomic E-state index is 10.7. The molecule has 0 radical (unpaired) electrons. The Morgan fingerprint density at radius 3 is 2.95 bits per heavy atom. The number of benzene rings is 1. The average Bonchev–Trinajstić information content (AvgIpc) is 2.37. The van der Waals surface area contributed by atoms with E-state index in [4.69, 9.17) is 5.11 Å². The third-order valence-corrected chi connectivity index (χ3v) is 4.14. The van der Waals surface area contributed by atoms with Crippen molar-refractivity contribution in [2.75, 3.05) is 31.6 Å². The van der Waals surface area contributed by atoms with Crippen LogP contribution >= 0.6 is 15.9 Å². The summed E-state index contributed by atoms with van der Waals surface area (Å²) < 4.78 is 1.08. The molecule has 1 saturated heterocycles. The highest BCUT2D eigenvalue weighted by atomic mass is 79.9. The van der Waals surface area contributed by atoms with Crippen LogP contribution in [0.15, 0.2) is 28.7 Å². The number of carboxylic acids is 1. The van der Waals surface area contributed by atoms with Crippen molar-refractivity contribution in [3.8, 4) is 0 Å². The standard InChI is InChI=1S/C14H19BrN2O2/c1-16-7-8-17(10-13(16)5-6-14(18)19)12-4-2-3-11(15)9-12/h2-4,9,13H,5-8,10H2,1H3,(H,18,19). The van der Waals surface area contributed by atoms with E-state index >= 15 is 0 Å². The highest BCUT2D eigenvalue weighted by Crippen LogP contribution is 2.23. The van der Waals surface area contributed by atoms with Crippen molar-refractivity contribution in [2.45, 2.75) is 18.9 Å². The number of aliphatic carboxylic acids is 1. The summed E-state index contributed by atoms with van der Waals surface area (Å²) in [5.74, 6) is -0.715. The van der Waals surface area contributed by atoms with Gasteiger partial charge in [0.25, 0.3) is 0 Å². The molecule has 1 fully saturated rings. The molecule has 1 atom stereocenters. The van der Waals surface area contributed by atoms with Gasteiger partial charge < -0.3 is 10.0 Å². The summed E-state index contributed by atoms with van der Waals surface area (Å²) in [6.07, 6.45) is 0.942. The average molecular weight is 327 g/mol. The molecule has 1 unspecified atom stereocenters. The number of rotatable bonds is 4. The summed E-state index contributed by atoms with van der Waals surface area (Å²) in [4.78, 5) is 15.3. The van der Waals surface area contributed by atoms with Gasteiger partial charge in [-0.25, -0.2) is 0 Å². The van der Waals surface area contributed by atoms with Gasteiger partial charge in [-0.3, -0.25) is 9.69 Å². The summed E-state index contributed by atoms with van der Waals surface area (Å²) in [6.45, 7) is 2.84. The third kappa shape index (κ3) is 3.94. The smallest absolute Gasteiger partial charge is 0.303 e. The fraction of sp³-hybridized carbons (Fsp3) is 0.500. The van der Waals surface area contributed by atoms with Crippen LogP contribution in [0.4, 0.5) is 5.69 Å². The molecule has 0 aliphatic carbocycles. The van der Waals surface area contributed by atoms with Gasteiger partial charge in [-0.2, -0.15) is 0 Å². The molecule has 1 aliphatic rings. The largest absolute Gasteiger partial charge is 0.481 e. The molecular weight excluding hydrogens is 308 g/mol. The van der Waals surface area contributed by atoms with E-state index in [1.165, 1.54) is 5.69 Å². The van der Waals surface area contributed by atoms with Gasteiger partial charge in [0.05, 0.1) is 0 Å². The molecule has 5 heteroatoms. The normalized spacial score (nSPS) is 20.5. The Hall–Kier alpha value is -1.07. The van der Waals surface area contributed by atoms with Crippen molar-refractivity contribution in [3.05, 3.63) is 28.7 Å². The molecular formula is C14H19BrN2O2. The van der Waals surface area contributed by atoms with Crippen LogP contribution in [0.3, 0.4) is 0 Å². The Balaban J connectivity index is 2.02. The molecule has 0 bridgehead atoms. The van der Waals surface area contributed by atoms with Gasteiger partial charge in [0.1, 0.15) is 0 Å². The number of carboxylic acid groups (broad SMARTS) is 1. The summed E-state index contributed by atoms with van der Waals surface area (Å²) in [5.41, 5.74) is 1.20. The molecule has 19 heavy (non-hydrogen) atoms. The van der Waals surface area contributed by atoms with Crippen LogP contribution in [0.5, 0.6) is 0 Å². The minimum atomic E-state index is -0.715. The van der Waals surface area contributed by atoms with Gasteiger partial charge in [-0.15, -0.1) is 0 Å². The predicted molar refractivity (Wildman–Crippen MR) is 79.6 cm³/mol. The lowest BCUT2D eigenvalue weighted by atomic mass is 10.1. The number of halogens is 1. The van der Waals surface area contributed by atoms with E-state index in [0.717, 1.165) is 24.1 Å². The van der Waals surface area contributed by atoms with Crippen LogP contribution < -0.4 is 4.90 Å². The topological polar surface area (TPSA) is 43.8 Å². The van der Waals surface area contributed by atoms with Gasteiger partial charge in [0, 0.05) is 42.3 Å². The van der Waals surface area contributed by atoms with E-state index in [1.54, 1.807) is 0 Å². The first-order valence-corrected chi connectivity index (χ1v) is 7.28. The number of likely N-dealkylation sites (N-methyl/N-ethyl adjacent to an activating group) is 1. The minimum Gasteiger partial charge on any atom is -0.481 e. The van der Waals surface area contributed by atoms with Gasteiger partial charge in [-0.05, 0) is 31.7 Å². The first-order valence-electron chi connectivity index (χ1n) is 6.49. The Labute approximate surface area is 122 Å². The number of piperazine rings is 1. The van der Waals surface area contributed by atoms with Crippen LogP contribution in [0, 0.1) is 0 Å². The van der Waals surface area contributed by atoms with Crippen molar-refractivity contribution in [1.82, 2.24) is 4.90 Å². The Kier molecular flexibility index (Phi) is 4.82. The molecule has 1 aliphatic heterocycles. The zero-order chi connectivity index (χ0) is 13.8. The predicted octanol–water partition coefficient (Wildman–Crippen LogP) is 2.43. The molecule has 1 aromatic rings. The maximum Gasteiger partial charge on any atom is 0.303 e. The quantitative estimate of drug-likeness (QED) is 0.922. The highest BCUT2D eigenvalue weighted by molar-refractivity contribution is 9.10. The van der Waals surface area contributed by atoms with Gasteiger partial charge >= 0.3 is 5.97 Å². The molecule has 0 aromatic heterocycles. The van der Waals surface area contributed by atoms with Crippen molar-refractivity contribution < 1.29 is 9.90 Å². The van der Waals surface area contributed by atoms with E-state index in [0.29, 0.717) is 12.5 Å². The molecule has 4 nitrogen and oxygen atoms in total. The fourth-order valence-electron chi connectivity index (χ4n) is 2.46. The summed E-state index contributed by atoms with van der Waals surface area (Å²) in [5, 5.41) is 8.81. The molecule has 1 aromatic carbocycles. The summed E-state index contributed by atoms with van der Waals surface area (Å²) in [6, 6.07) is 8.57. The molecule has 0 spiro atoms. The second kappa shape index (κ2) is 6.39. The first-order chi connectivity index (χ1) is 9.06. The number of hydrogen-bond acceptors (Lipinski definition) is 3. The minimum absolute atomic E-state index is 0.237. The van der Waals surface area contributed by atoms with E-state index < -0.39 is 5.97 Å². The molecule has 2 rings (SSSR count). The lowest BCUT2D eigenvalue weighted by molar-refractivity contribution is -0.137. The fourth-order valence-corrected chi connectivity index (χ4v) is 2.84. The van der Waals surface area contributed by atoms with Crippen LogP contribution in [-0.2, 0) is 4.79 Å². The van der Waals surface area contributed by atoms with Crippen LogP contribution in [0.2, 0.25) is 0 Å². The van der Waals surface area contributed by atoms with Crippen LogP contribution in [-0.4, -0.2) is 48.7 Å². The number of hydrogen-bond donors (Lipinski definition) is 1. The third-order valence-electron chi connectivity index (χ3n) is 3.64. The van der Waals surface area contributed by atoms with E-state index in [9.17, 15) is 4.79 Å². The lowest BCUT2D eigenvalue weighted by Crippen LogP contribution is -2.51. The highest BCUT2D eigenvalue weighted by Gasteiger charge is 2.24. The van der Waals surface area contributed by atoms with Crippen molar-refractivity contribution in [1.29, 1.82) is 0 Å². The van der Waals surface area contributed by atoms with Gasteiger partial charge in [0.15, 0.2) is 0 Å². The SMILES string of the molecule is CN1CCN(c2cccc(Br)c2)CC1CCC(=O)O. The second-order valence-electron chi connectivity index (χ2n) is 4.99. The summed E-state index contributed by atoms with van der Waals surface area (Å²) >= 11 is 3.49. The number of nitrogens with zero attached hydrogens (tertiary/aromatic N) is 2. The van der Waals surface area contributed by atoms with E-state index in [-0.39, 0.29) is 6.42 Å². The van der Waals surface area contributed by atoms with Crippen molar-refractivity contribution >= 4 is 27.6 Å². The lowest BCUT2D eigenvalue weighted by Gasteiger charge is -2.40. The molecule has 104 valence electrons. The number of carbonyl (C=O) groups is 1. The molecule has 0 saturated carbocycles. The van der Waals surface area contributed by atoms with Gasteiger partial charge in [0.2, 0.25) is 0 Å². The van der Waals surface area contributed by atoms with Crippen molar-refractivity contribution in [3.63, 3.8) is 0 Å². The Morgan fingerprint density at radius 1 is 1.47 bits per heavy atom.